The van der Waals surface area contributed by atoms with Gasteiger partial charge in [-0.15, -0.1) is 11.6 Å². The molecule has 1 aromatic rings. The van der Waals surface area contributed by atoms with Crippen LogP contribution in [0.15, 0.2) is 6.07 Å². The normalized spacial score (nSPS) is 12.9. The second kappa shape index (κ2) is 7.72. The molecule has 0 aromatic carbocycles. The van der Waals surface area contributed by atoms with E-state index in [1.807, 2.05) is 6.92 Å². The van der Waals surface area contributed by atoms with Crippen LogP contribution in [0.3, 0.4) is 0 Å². The molecule has 0 aliphatic carbocycles. The molecule has 17 heavy (non-hydrogen) atoms. The average molecular weight is 258 g/mol. The molecule has 0 saturated carbocycles. The fourth-order valence-corrected chi connectivity index (χ4v) is 2.04. The van der Waals surface area contributed by atoms with Crippen molar-refractivity contribution in [3.63, 3.8) is 0 Å². The second-order valence-electron chi connectivity index (χ2n) is 4.67. The van der Waals surface area contributed by atoms with E-state index in [1.54, 1.807) is 0 Å². The van der Waals surface area contributed by atoms with Gasteiger partial charge < -0.3 is 5.32 Å². The molecule has 4 heteroatoms. The highest BCUT2D eigenvalue weighted by molar-refractivity contribution is 6.18. The van der Waals surface area contributed by atoms with Gasteiger partial charge in [-0.3, -0.25) is 4.68 Å². The van der Waals surface area contributed by atoms with Gasteiger partial charge in [-0.1, -0.05) is 6.92 Å². The smallest absolute Gasteiger partial charge is 0.0597 e. The van der Waals surface area contributed by atoms with Crippen molar-refractivity contribution in [2.24, 2.45) is 5.92 Å². The van der Waals surface area contributed by atoms with Gasteiger partial charge in [0.15, 0.2) is 0 Å². The highest BCUT2D eigenvalue weighted by Crippen LogP contribution is 2.07. The van der Waals surface area contributed by atoms with Crippen LogP contribution >= 0.6 is 11.6 Å². The topological polar surface area (TPSA) is 29.9 Å². The number of hydrogen-bond acceptors (Lipinski definition) is 2. The lowest BCUT2D eigenvalue weighted by Gasteiger charge is -2.08. The Balaban J connectivity index is 2.21. The van der Waals surface area contributed by atoms with E-state index in [1.165, 1.54) is 18.5 Å². The van der Waals surface area contributed by atoms with Crippen LogP contribution in [0.2, 0.25) is 0 Å². The Bertz CT molecular complexity index is 322. The molecule has 1 atom stereocenters. The number of rotatable bonds is 8. The molecule has 0 aliphatic heterocycles. The largest absolute Gasteiger partial charge is 0.311 e. The summed E-state index contributed by atoms with van der Waals surface area (Å²) in [7, 11) is 0. The van der Waals surface area contributed by atoms with Crippen LogP contribution in [0, 0.1) is 12.8 Å². The van der Waals surface area contributed by atoms with Crippen LogP contribution in [0.25, 0.3) is 0 Å². The molecule has 3 nitrogen and oxygen atoms in total. The SMILES string of the molecule is CCn1nc(C)cc1CNCCCC(C)CCl. The maximum atomic E-state index is 5.77. The zero-order valence-corrected chi connectivity index (χ0v) is 11.9. The lowest BCUT2D eigenvalue weighted by Crippen LogP contribution is -2.18. The quantitative estimate of drug-likeness (QED) is 0.573. The van der Waals surface area contributed by atoms with Gasteiger partial charge in [0.1, 0.15) is 0 Å². The maximum Gasteiger partial charge on any atom is 0.0597 e. The van der Waals surface area contributed by atoms with Crippen molar-refractivity contribution in [1.82, 2.24) is 15.1 Å². The van der Waals surface area contributed by atoms with Crippen LogP contribution in [-0.4, -0.2) is 22.2 Å². The molecule has 0 saturated heterocycles. The standard InChI is InChI=1S/C13H24ClN3/c1-4-17-13(8-12(3)16-17)10-15-7-5-6-11(2)9-14/h8,11,15H,4-7,9-10H2,1-3H3. The maximum absolute atomic E-state index is 5.77. The van der Waals surface area contributed by atoms with Crippen LogP contribution < -0.4 is 5.32 Å². The number of nitrogens with one attached hydrogen (secondary N) is 1. The zero-order valence-electron chi connectivity index (χ0n) is 11.2. The van der Waals surface area contributed by atoms with Crippen LogP contribution in [0.4, 0.5) is 0 Å². The Hall–Kier alpha value is -0.540. The van der Waals surface area contributed by atoms with Gasteiger partial charge in [-0.05, 0) is 45.2 Å². The molecular formula is C13H24ClN3. The van der Waals surface area contributed by atoms with Crippen LogP contribution in [0.1, 0.15) is 38.1 Å². The van der Waals surface area contributed by atoms with Crippen molar-refractivity contribution in [1.29, 1.82) is 0 Å². The van der Waals surface area contributed by atoms with E-state index in [4.69, 9.17) is 11.6 Å². The van der Waals surface area contributed by atoms with Crippen molar-refractivity contribution in [2.75, 3.05) is 12.4 Å². The number of alkyl halides is 1. The van der Waals surface area contributed by atoms with Crippen LogP contribution in [0.5, 0.6) is 0 Å². The van der Waals surface area contributed by atoms with Gasteiger partial charge in [0.25, 0.3) is 0 Å². The molecule has 1 unspecified atom stereocenters. The minimum absolute atomic E-state index is 0.627. The number of aryl methyl sites for hydroxylation is 2. The highest BCUT2D eigenvalue weighted by Gasteiger charge is 2.03. The van der Waals surface area contributed by atoms with E-state index in [0.29, 0.717) is 5.92 Å². The van der Waals surface area contributed by atoms with E-state index in [0.717, 1.165) is 31.2 Å². The monoisotopic (exact) mass is 257 g/mol. The third-order valence-corrected chi connectivity index (χ3v) is 3.43. The predicted octanol–water partition coefficient (Wildman–Crippen LogP) is 2.96. The zero-order chi connectivity index (χ0) is 12.7. The lowest BCUT2D eigenvalue weighted by atomic mass is 10.1. The minimum Gasteiger partial charge on any atom is -0.311 e. The first-order valence-corrected chi connectivity index (χ1v) is 7.00. The van der Waals surface area contributed by atoms with Gasteiger partial charge in [0.05, 0.1) is 11.4 Å². The van der Waals surface area contributed by atoms with Crippen molar-refractivity contribution in [3.05, 3.63) is 17.5 Å². The molecule has 0 radical (unpaired) electrons. The van der Waals surface area contributed by atoms with E-state index in [2.05, 4.69) is 35.0 Å². The van der Waals surface area contributed by atoms with Crippen molar-refractivity contribution in [3.8, 4) is 0 Å². The first kappa shape index (κ1) is 14.5. The molecule has 1 rings (SSSR count). The molecule has 0 spiro atoms. The summed E-state index contributed by atoms with van der Waals surface area (Å²) in [5.41, 5.74) is 2.37. The molecular weight excluding hydrogens is 234 g/mol. The highest BCUT2D eigenvalue weighted by atomic mass is 35.5. The fraction of sp³-hybridized carbons (Fsp3) is 0.769. The molecule has 0 fully saturated rings. The van der Waals surface area contributed by atoms with E-state index >= 15 is 0 Å². The average Bonchev–Trinajstić information content (AvgIpc) is 2.69. The summed E-state index contributed by atoms with van der Waals surface area (Å²) in [4.78, 5) is 0. The van der Waals surface area contributed by atoms with E-state index in [-0.39, 0.29) is 0 Å². The van der Waals surface area contributed by atoms with Crippen LogP contribution in [-0.2, 0) is 13.1 Å². The molecule has 1 aromatic heterocycles. The van der Waals surface area contributed by atoms with Gasteiger partial charge >= 0.3 is 0 Å². The first-order valence-electron chi connectivity index (χ1n) is 6.47. The van der Waals surface area contributed by atoms with Gasteiger partial charge in [-0.2, -0.15) is 5.10 Å². The third kappa shape index (κ3) is 5.09. The van der Waals surface area contributed by atoms with E-state index < -0.39 is 0 Å². The summed E-state index contributed by atoms with van der Waals surface area (Å²) in [5, 5.41) is 7.89. The number of nitrogens with zero attached hydrogens (tertiary/aromatic N) is 2. The predicted molar refractivity (Wildman–Crippen MR) is 73.5 cm³/mol. The van der Waals surface area contributed by atoms with Crippen molar-refractivity contribution < 1.29 is 0 Å². The second-order valence-corrected chi connectivity index (χ2v) is 4.98. The van der Waals surface area contributed by atoms with Gasteiger partial charge in [-0.25, -0.2) is 0 Å². The Kier molecular flexibility index (Phi) is 6.60. The van der Waals surface area contributed by atoms with Gasteiger partial charge in [0.2, 0.25) is 0 Å². The molecule has 1 N–H and O–H groups in total. The number of halogens is 1. The Labute approximate surface area is 110 Å². The molecule has 0 amide bonds. The summed E-state index contributed by atoms with van der Waals surface area (Å²) in [6, 6.07) is 2.15. The summed E-state index contributed by atoms with van der Waals surface area (Å²) in [5.74, 6) is 1.39. The lowest BCUT2D eigenvalue weighted by molar-refractivity contribution is 0.519. The summed E-state index contributed by atoms with van der Waals surface area (Å²) >= 11 is 5.77. The Morgan fingerprint density at radius 3 is 2.94 bits per heavy atom. The fourth-order valence-electron chi connectivity index (χ4n) is 1.88. The molecule has 0 aliphatic rings. The number of aromatic nitrogens is 2. The summed E-state index contributed by atoms with van der Waals surface area (Å²) < 4.78 is 2.06. The van der Waals surface area contributed by atoms with Crippen molar-refractivity contribution in [2.45, 2.75) is 46.7 Å². The Morgan fingerprint density at radius 2 is 2.29 bits per heavy atom. The van der Waals surface area contributed by atoms with Crippen molar-refractivity contribution >= 4 is 11.6 Å². The summed E-state index contributed by atoms with van der Waals surface area (Å²) in [6.45, 7) is 9.26. The van der Waals surface area contributed by atoms with E-state index in [9.17, 15) is 0 Å². The molecule has 0 bridgehead atoms. The summed E-state index contributed by atoms with van der Waals surface area (Å²) in [6.07, 6.45) is 2.38. The van der Waals surface area contributed by atoms with Gasteiger partial charge in [0, 0.05) is 19.0 Å². The number of hydrogen-bond donors (Lipinski definition) is 1. The first-order chi connectivity index (χ1) is 8.17. The Morgan fingerprint density at radius 1 is 1.53 bits per heavy atom. The third-order valence-electron chi connectivity index (χ3n) is 2.91. The minimum atomic E-state index is 0.627. The molecule has 1 heterocycles. The molecule has 98 valence electrons.